The number of Topliss-reactive ketones (excluding diaryl/α,β-unsaturated/α-hetero) is 1. The summed E-state index contributed by atoms with van der Waals surface area (Å²) in [6, 6.07) is 13.3. The fourth-order valence-corrected chi connectivity index (χ4v) is 3.11. The molecule has 1 atom stereocenters. The first-order valence-corrected chi connectivity index (χ1v) is 7.94. The van der Waals surface area contributed by atoms with Gasteiger partial charge in [0.1, 0.15) is 23.0 Å². The summed E-state index contributed by atoms with van der Waals surface area (Å²) < 4.78 is 24.0. The number of carbonyl (C=O) groups is 1. The number of allylic oxidation sites excluding steroid dienone is 1. The number of hydrogen-bond donors (Lipinski definition) is 1. The first-order valence-electron chi connectivity index (χ1n) is 7.94. The maximum atomic E-state index is 13.2. The fourth-order valence-electron chi connectivity index (χ4n) is 3.11. The second-order valence-corrected chi connectivity index (χ2v) is 5.92. The molecule has 4 rings (SSSR count). The molecule has 3 aromatic rings. The molecule has 0 fully saturated rings. The molecule has 0 saturated carbocycles. The second-order valence-electron chi connectivity index (χ2n) is 5.92. The van der Waals surface area contributed by atoms with Gasteiger partial charge in [-0.25, -0.2) is 9.18 Å². The molecule has 2 N–H and O–H groups in total. The van der Waals surface area contributed by atoms with Crippen molar-refractivity contribution in [3.05, 3.63) is 87.4 Å². The Morgan fingerprint density at radius 2 is 1.85 bits per heavy atom. The zero-order valence-corrected chi connectivity index (χ0v) is 13.7. The van der Waals surface area contributed by atoms with E-state index in [1.807, 2.05) is 6.07 Å². The Morgan fingerprint density at radius 1 is 1.15 bits per heavy atom. The van der Waals surface area contributed by atoms with E-state index in [0.717, 1.165) is 12.1 Å². The highest BCUT2D eigenvalue weighted by molar-refractivity contribution is 6.05. The predicted octanol–water partition coefficient (Wildman–Crippen LogP) is 2.98. The molecule has 1 aliphatic rings. The minimum absolute atomic E-state index is 0.0822. The zero-order valence-electron chi connectivity index (χ0n) is 13.7. The number of carbonyl (C=O) groups excluding carboxylic acids is 1. The SMILES string of the molecule is N#CC1=C(N)Oc2c(c(=O)oc3ccccc23)C1C(=O)c1ccc(F)cc1. The van der Waals surface area contributed by atoms with E-state index >= 15 is 0 Å². The van der Waals surface area contributed by atoms with Gasteiger partial charge in [-0.15, -0.1) is 0 Å². The molecule has 6 nitrogen and oxygen atoms in total. The monoisotopic (exact) mass is 362 g/mol. The average Bonchev–Trinajstić information content (AvgIpc) is 2.67. The molecule has 27 heavy (non-hydrogen) atoms. The maximum absolute atomic E-state index is 13.2. The van der Waals surface area contributed by atoms with Gasteiger partial charge in [0.2, 0.25) is 5.88 Å². The lowest BCUT2D eigenvalue weighted by Gasteiger charge is -2.24. The smallest absolute Gasteiger partial charge is 0.344 e. The summed E-state index contributed by atoms with van der Waals surface area (Å²) >= 11 is 0. The maximum Gasteiger partial charge on any atom is 0.344 e. The highest BCUT2D eigenvalue weighted by Crippen LogP contribution is 2.41. The number of rotatable bonds is 2. The lowest BCUT2D eigenvalue weighted by molar-refractivity contribution is 0.0966. The van der Waals surface area contributed by atoms with Crippen LogP contribution in [0.5, 0.6) is 5.75 Å². The fraction of sp³-hybridized carbons (Fsp3) is 0.0500. The molecular formula is C20H11FN2O4. The van der Waals surface area contributed by atoms with E-state index in [1.54, 1.807) is 24.3 Å². The molecule has 1 aromatic heterocycles. The number of nitrogens with zero attached hydrogens (tertiary/aromatic N) is 1. The number of fused-ring (bicyclic) bond motifs is 3. The molecular weight excluding hydrogens is 351 g/mol. The first-order chi connectivity index (χ1) is 13.0. The Hall–Kier alpha value is -3.92. The quantitative estimate of drug-likeness (QED) is 0.555. The minimum atomic E-state index is -1.30. The number of nitrogens with two attached hydrogens (primary N) is 1. The van der Waals surface area contributed by atoms with Crippen LogP contribution in [0.4, 0.5) is 4.39 Å². The summed E-state index contributed by atoms with van der Waals surface area (Å²) in [4.78, 5) is 25.7. The van der Waals surface area contributed by atoms with Gasteiger partial charge >= 0.3 is 5.63 Å². The van der Waals surface area contributed by atoms with E-state index in [9.17, 15) is 19.2 Å². The lowest BCUT2D eigenvalue weighted by Crippen LogP contribution is -2.30. The summed E-state index contributed by atoms with van der Waals surface area (Å²) in [5.41, 5.74) is 5.16. The summed E-state index contributed by atoms with van der Waals surface area (Å²) in [7, 11) is 0. The molecule has 2 aromatic carbocycles. The van der Waals surface area contributed by atoms with Crippen molar-refractivity contribution >= 4 is 16.8 Å². The number of hydrogen-bond acceptors (Lipinski definition) is 6. The largest absolute Gasteiger partial charge is 0.439 e. The molecule has 2 heterocycles. The van der Waals surface area contributed by atoms with Crippen LogP contribution in [0.25, 0.3) is 11.0 Å². The van der Waals surface area contributed by atoms with Crippen LogP contribution in [0, 0.1) is 17.1 Å². The lowest BCUT2D eigenvalue weighted by atomic mass is 9.83. The van der Waals surface area contributed by atoms with Crippen LogP contribution < -0.4 is 16.1 Å². The number of nitriles is 1. The van der Waals surface area contributed by atoms with Gasteiger partial charge in [0.05, 0.1) is 16.9 Å². The standard InChI is InChI=1S/C20H11FN2O4/c21-11-7-5-10(6-8-11)17(24)15-13(9-22)19(23)27-18-12-3-1-2-4-14(12)26-20(25)16(15)18/h1-8,15H,23H2. The highest BCUT2D eigenvalue weighted by atomic mass is 19.1. The molecule has 0 aliphatic carbocycles. The predicted molar refractivity (Wildman–Crippen MR) is 93.4 cm³/mol. The number of benzene rings is 2. The number of halogens is 1. The van der Waals surface area contributed by atoms with Crippen LogP contribution in [0.15, 0.2) is 69.2 Å². The molecule has 0 spiro atoms. The molecule has 0 amide bonds. The van der Waals surface area contributed by atoms with Crippen molar-refractivity contribution in [1.82, 2.24) is 0 Å². The van der Waals surface area contributed by atoms with Crippen LogP contribution in [-0.2, 0) is 0 Å². The third kappa shape index (κ3) is 2.55. The second kappa shape index (κ2) is 6.11. The Labute approximate surface area is 151 Å². The number of ketones is 1. The van der Waals surface area contributed by atoms with Gasteiger partial charge in [-0.1, -0.05) is 12.1 Å². The van der Waals surface area contributed by atoms with Crippen LogP contribution in [-0.4, -0.2) is 5.78 Å². The van der Waals surface area contributed by atoms with Gasteiger partial charge in [0, 0.05) is 5.56 Å². The normalized spacial score (nSPS) is 15.8. The number of para-hydroxylation sites is 1. The molecule has 7 heteroatoms. The van der Waals surface area contributed by atoms with Crippen molar-refractivity contribution in [3.63, 3.8) is 0 Å². The Bertz CT molecular complexity index is 1220. The van der Waals surface area contributed by atoms with Gasteiger partial charge in [-0.2, -0.15) is 5.26 Å². The van der Waals surface area contributed by atoms with Gasteiger partial charge in [-0.3, -0.25) is 4.79 Å². The highest BCUT2D eigenvalue weighted by Gasteiger charge is 2.39. The third-order valence-corrected chi connectivity index (χ3v) is 4.37. The van der Waals surface area contributed by atoms with E-state index in [1.165, 1.54) is 12.1 Å². The van der Waals surface area contributed by atoms with Crippen LogP contribution in [0.3, 0.4) is 0 Å². The molecule has 0 saturated heterocycles. The van der Waals surface area contributed by atoms with Crippen molar-refractivity contribution in [2.24, 2.45) is 5.73 Å². The summed E-state index contributed by atoms with van der Waals surface area (Å²) in [5.74, 6) is -2.58. The summed E-state index contributed by atoms with van der Waals surface area (Å²) in [6.07, 6.45) is 0. The molecule has 0 bridgehead atoms. The van der Waals surface area contributed by atoms with E-state index < -0.39 is 23.1 Å². The van der Waals surface area contributed by atoms with E-state index in [0.29, 0.717) is 5.39 Å². The Kier molecular flexibility index (Phi) is 3.74. The van der Waals surface area contributed by atoms with Crippen molar-refractivity contribution in [2.45, 2.75) is 5.92 Å². The van der Waals surface area contributed by atoms with Crippen LogP contribution in [0.2, 0.25) is 0 Å². The van der Waals surface area contributed by atoms with Gasteiger partial charge in [0.15, 0.2) is 11.5 Å². The first kappa shape index (κ1) is 16.5. The molecule has 1 aliphatic heterocycles. The van der Waals surface area contributed by atoms with Crippen LogP contribution >= 0.6 is 0 Å². The number of ether oxygens (including phenoxy) is 1. The third-order valence-electron chi connectivity index (χ3n) is 4.37. The summed E-state index contributed by atoms with van der Waals surface area (Å²) in [6.45, 7) is 0. The average molecular weight is 362 g/mol. The molecule has 1 unspecified atom stereocenters. The Morgan fingerprint density at radius 3 is 2.56 bits per heavy atom. The van der Waals surface area contributed by atoms with E-state index in [-0.39, 0.29) is 33.9 Å². The Balaban J connectivity index is 2.00. The van der Waals surface area contributed by atoms with Crippen molar-refractivity contribution in [3.8, 4) is 11.8 Å². The van der Waals surface area contributed by atoms with E-state index in [2.05, 4.69) is 0 Å². The topological polar surface area (TPSA) is 106 Å². The zero-order chi connectivity index (χ0) is 19.1. The molecule has 0 radical (unpaired) electrons. The summed E-state index contributed by atoms with van der Waals surface area (Å²) in [5, 5.41) is 9.94. The molecule has 132 valence electrons. The van der Waals surface area contributed by atoms with Crippen molar-refractivity contribution < 1.29 is 18.3 Å². The van der Waals surface area contributed by atoms with Gasteiger partial charge in [0.25, 0.3) is 0 Å². The van der Waals surface area contributed by atoms with Gasteiger partial charge < -0.3 is 14.9 Å². The van der Waals surface area contributed by atoms with Crippen LogP contribution in [0.1, 0.15) is 21.8 Å². The van der Waals surface area contributed by atoms with Crippen molar-refractivity contribution in [2.75, 3.05) is 0 Å². The minimum Gasteiger partial charge on any atom is -0.439 e. The van der Waals surface area contributed by atoms with Gasteiger partial charge in [-0.05, 0) is 36.4 Å². The van der Waals surface area contributed by atoms with E-state index in [4.69, 9.17) is 14.9 Å². The van der Waals surface area contributed by atoms with Crippen molar-refractivity contribution in [1.29, 1.82) is 5.26 Å².